The smallest absolute Gasteiger partial charge is 0.338 e. The lowest BCUT2D eigenvalue weighted by Crippen LogP contribution is -1.98. The Kier molecular flexibility index (Phi) is 2.60. The number of pyridine rings is 1. The Morgan fingerprint density at radius 2 is 2.31 bits per heavy atom. The number of nitrogens with zero attached hydrogens (tertiary/aromatic N) is 2. The number of carbonyl (C=O) groups is 1. The van der Waals surface area contributed by atoms with Gasteiger partial charge in [-0.1, -0.05) is 13.8 Å². The first-order chi connectivity index (χ1) is 7.58. The fraction of sp³-hybridized carbons (Fsp3) is 0.364. The monoisotopic (exact) mass is 219 g/mol. The maximum atomic E-state index is 11.0. The summed E-state index contributed by atoms with van der Waals surface area (Å²) >= 11 is 0. The Labute approximate surface area is 92.5 Å². The molecule has 0 fully saturated rings. The summed E-state index contributed by atoms with van der Waals surface area (Å²) in [5.74, 6) is 0.284. The molecule has 0 aliphatic rings. The average molecular weight is 219 g/mol. The molecule has 0 bridgehead atoms. The highest BCUT2D eigenvalue weighted by molar-refractivity contribution is 5.99. The quantitative estimate of drug-likeness (QED) is 0.825. The molecule has 0 amide bonds. The van der Waals surface area contributed by atoms with Crippen molar-refractivity contribution in [1.29, 1.82) is 0 Å². The molecule has 16 heavy (non-hydrogen) atoms. The van der Waals surface area contributed by atoms with Gasteiger partial charge < -0.3 is 10.1 Å². The summed E-state index contributed by atoms with van der Waals surface area (Å²) in [7, 11) is 0. The Morgan fingerprint density at radius 3 is 2.94 bits per heavy atom. The van der Waals surface area contributed by atoms with Crippen LogP contribution >= 0.6 is 0 Å². The fourth-order valence-corrected chi connectivity index (χ4v) is 1.62. The van der Waals surface area contributed by atoms with Gasteiger partial charge in [0.1, 0.15) is 5.82 Å². The van der Waals surface area contributed by atoms with Crippen molar-refractivity contribution in [2.75, 3.05) is 0 Å². The van der Waals surface area contributed by atoms with Gasteiger partial charge in [-0.15, -0.1) is 0 Å². The van der Waals surface area contributed by atoms with E-state index in [0.29, 0.717) is 17.1 Å². The van der Waals surface area contributed by atoms with Crippen LogP contribution in [0.2, 0.25) is 0 Å². The maximum Gasteiger partial charge on any atom is 0.338 e. The average Bonchev–Trinajstić information content (AvgIpc) is 2.57. The van der Waals surface area contributed by atoms with E-state index >= 15 is 0 Å². The summed E-state index contributed by atoms with van der Waals surface area (Å²) in [6.45, 7) is 4.16. The zero-order valence-corrected chi connectivity index (χ0v) is 9.19. The zero-order valence-electron chi connectivity index (χ0n) is 9.19. The molecule has 2 aromatic rings. The molecule has 0 aromatic carbocycles. The summed E-state index contributed by atoms with van der Waals surface area (Å²) in [6.07, 6.45) is 2.25. The first-order valence-electron chi connectivity index (χ1n) is 5.15. The van der Waals surface area contributed by atoms with Gasteiger partial charge in [0.15, 0.2) is 5.65 Å². The first kappa shape index (κ1) is 10.6. The predicted octanol–water partition coefficient (Wildman–Crippen LogP) is 1.85. The summed E-state index contributed by atoms with van der Waals surface area (Å²) in [5, 5.41) is 9.00. The van der Waals surface area contributed by atoms with E-state index in [2.05, 4.69) is 28.8 Å². The van der Waals surface area contributed by atoms with E-state index in [-0.39, 0.29) is 5.56 Å². The number of hydrogen-bond donors (Lipinski definition) is 2. The summed E-state index contributed by atoms with van der Waals surface area (Å²) in [4.78, 5) is 22.3. The third-order valence-corrected chi connectivity index (χ3v) is 2.27. The van der Waals surface area contributed by atoms with Gasteiger partial charge in [0.2, 0.25) is 0 Å². The Morgan fingerprint density at radius 1 is 1.56 bits per heavy atom. The van der Waals surface area contributed by atoms with Crippen LogP contribution in [-0.2, 0) is 6.42 Å². The molecule has 5 heteroatoms. The number of aromatic nitrogens is 3. The number of carboxylic acids is 1. The Balaban J connectivity index is 2.52. The van der Waals surface area contributed by atoms with Gasteiger partial charge in [-0.2, -0.15) is 0 Å². The third-order valence-electron chi connectivity index (χ3n) is 2.27. The molecule has 0 aliphatic carbocycles. The lowest BCUT2D eigenvalue weighted by molar-refractivity contribution is 0.0699. The molecule has 5 nitrogen and oxygen atoms in total. The number of imidazole rings is 1. The van der Waals surface area contributed by atoms with Gasteiger partial charge in [-0.25, -0.2) is 14.8 Å². The number of hydrogen-bond acceptors (Lipinski definition) is 3. The number of H-pyrrole nitrogens is 1. The fourth-order valence-electron chi connectivity index (χ4n) is 1.62. The normalized spacial score (nSPS) is 11.2. The van der Waals surface area contributed by atoms with Crippen LogP contribution in [0.25, 0.3) is 11.2 Å². The number of fused-ring (bicyclic) bond motifs is 1. The minimum atomic E-state index is -0.966. The van der Waals surface area contributed by atoms with Crippen LogP contribution in [0, 0.1) is 5.92 Å². The van der Waals surface area contributed by atoms with Crippen LogP contribution < -0.4 is 0 Å². The van der Waals surface area contributed by atoms with E-state index in [1.165, 1.54) is 12.3 Å². The molecule has 84 valence electrons. The van der Waals surface area contributed by atoms with Crippen molar-refractivity contribution in [1.82, 2.24) is 15.0 Å². The molecule has 0 atom stereocenters. The van der Waals surface area contributed by atoms with E-state index < -0.39 is 5.97 Å². The summed E-state index contributed by atoms with van der Waals surface area (Å²) < 4.78 is 0. The molecule has 0 radical (unpaired) electrons. The molecule has 0 saturated heterocycles. The van der Waals surface area contributed by atoms with Crippen molar-refractivity contribution in [3.05, 3.63) is 23.7 Å². The lowest BCUT2D eigenvalue weighted by atomic mass is 10.1. The number of aromatic carboxylic acids is 1. The van der Waals surface area contributed by atoms with Crippen LogP contribution in [0.4, 0.5) is 0 Å². The van der Waals surface area contributed by atoms with E-state index in [0.717, 1.165) is 12.2 Å². The topological polar surface area (TPSA) is 78.9 Å². The molecule has 0 aliphatic heterocycles. The SMILES string of the molecule is CC(C)Cc1nc2nccc(C(=O)O)c2[nH]1. The minimum absolute atomic E-state index is 0.215. The van der Waals surface area contributed by atoms with Crippen molar-refractivity contribution >= 4 is 17.1 Å². The van der Waals surface area contributed by atoms with Gasteiger partial charge >= 0.3 is 5.97 Å². The van der Waals surface area contributed by atoms with Crippen LogP contribution in [-0.4, -0.2) is 26.0 Å². The second-order valence-corrected chi connectivity index (χ2v) is 4.14. The highest BCUT2D eigenvalue weighted by Crippen LogP contribution is 2.15. The molecule has 2 N–H and O–H groups in total. The van der Waals surface area contributed by atoms with Crippen molar-refractivity contribution in [3.8, 4) is 0 Å². The van der Waals surface area contributed by atoms with Gasteiger partial charge in [0, 0.05) is 12.6 Å². The van der Waals surface area contributed by atoms with Gasteiger partial charge in [-0.05, 0) is 12.0 Å². The van der Waals surface area contributed by atoms with E-state index in [4.69, 9.17) is 5.11 Å². The van der Waals surface area contributed by atoms with E-state index in [9.17, 15) is 4.79 Å². The van der Waals surface area contributed by atoms with Gasteiger partial charge in [-0.3, -0.25) is 0 Å². The standard InChI is InChI=1S/C11H13N3O2/c1-6(2)5-8-13-9-7(11(15)16)3-4-12-10(9)14-8/h3-4,6H,5H2,1-2H3,(H,15,16)(H,12,13,14). The van der Waals surface area contributed by atoms with Crippen molar-refractivity contribution in [2.45, 2.75) is 20.3 Å². The summed E-state index contributed by atoms with van der Waals surface area (Å²) in [6, 6.07) is 1.47. The molecule has 0 spiro atoms. The second-order valence-electron chi connectivity index (χ2n) is 4.14. The molecule has 0 saturated carbocycles. The third kappa shape index (κ3) is 1.88. The maximum absolute atomic E-state index is 11.0. The van der Waals surface area contributed by atoms with Crippen LogP contribution in [0.5, 0.6) is 0 Å². The van der Waals surface area contributed by atoms with Crippen molar-refractivity contribution in [3.63, 3.8) is 0 Å². The van der Waals surface area contributed by atoms with Gasteiger partial charge in [0.05, 0.1) is 11.1 Å². The molecule has 2 rings (SSSR count). The number of nitrogens with one attached hydrogen (secondary N) is 1. The molecule has 2 aromatic heterocycles. The highest BCUT2D eigenvalue weighted by atomic mass is 16.4. The predicted molar refractivity (Wildman–Crippen MR) is 59.4 cm³/mol. The molecular weight excluding hydrogens is 206 g/mol. The Bertz CT molecular complexity index is 531. The minimum Gasteiger partial charge on any atom is -0.478 e. The largest absolute Gasteiger partial charge is 0.478 e. The Hall–Kier alpha value is -1.91. The van der Waals surface area contributed by atoms with E-state index in [1.54, 1.807) is 0 Å². The number of aromatic amines is 1. The number of rotatable bonds is 3. The number of carboxylic acid groups (broad SMARTS) is 1. The molecule has 2 heterocycles. The van der Waals surface area contributed by atoms with Crippen LogP contribution in [0.3, 0.4) is 0 Å². The van der Waals surface area contributed by atoms with Crippen molar-refractivity contribution in [2.24, 2.45) is 5.92 Å². The zero-order chi connectivity index (χ0) is 11.7. The van der Waals surface area contributed by atoms with Crippen LogP contribution in [0.1, 0.15) is 30.0 Å². The van der Waals surface area contributed by atoms with Crippen LogP contribution in [0.15, 0.2) is 12.3 Å². The van der Waals surface area contributed by atoms with Crippen molar-refractivity contribution < 1.29 is 9.90 Å². The summed E-state index contributed by atoms with van der Waals surface area (Å²) in [5.41, 5.74) is 1.19. The van der Waals surface area contributed by atoms with Gasteiger partial charge in [0.25, 0.3) is 0 Å². The van der Waals surface area contributed by atoms with E-state index in [1.807, 2.05) is 0 Å². The second kappa shape index (κ2) is 3.92. The first-order valence-corrected chi connectivity index (χ1v) is 5.15. The highest BCUT2D eigenvalue weighted by Gasteiger charge is 2.13. The molecular formula is C11H13N3O2. The lowest BCUT2D eigenvalue weighted by Gasteiger charge is -1.98. The molecule has 0 unspecified atom stereocenters.